The lowest BCUT2D eigenvalue weighted by Gasteiger charge is -2.51. The molecule has 1 saturated heterocycles. The number of carbonyl (C=O) groups is 2. The Morgan fingerprint density at radius 1 is 1.09 bits per heavy atom. The van der Waals surface area contributed by atoms with Crippen LogP contribution in [0.4, 0.5) is 0 Å². The lowest BCUT2D eigenvalue weighted by molar-refractivity contribution is -0.166. The van der Waals surface area contributed by atoms with Gasteiger partial charge in [-0.1, -0.05) is 38.1 Å². The Morgan fingerprint density at radius 2 is 1.89 bits per heavy atom. The lowest BCUT2D eigenvalue weighted by Crippen LogP contribution is -2.67. The number of hydrogen-bond donors (Lipinski definition) is 1. The quantitative estimate of drug-likeness (QED) is 0.549. The number of H-pyrrole nitrogens is 1. The largest absolute Gasteiger partial charge is 0.493 e. The molecule has 2 amide bonds. The van der Waals surface area contributed by atoms with Gasteiger partial charge in [-0.15, -0.1) is 0 Å². The predicted molar refractivity (Wildman–Crippen MR) is 135 cm³/mol. The fourth-order valence-electron chi connectivity index (χ4n) is 5.66. The fraction of sp³-hybridized carbons (Fsp3) is 0.429. The number of hydrogen-bond acceptors (Lipinski definition) is 4. The molecule has 3 heterocycles. The summed E-state index contributed by atoms with van der Waals surface area (Å²) in [5, 5.41) is 1.08. The summed E-state index contributed by atoms with van der Waals surface area (Å²) in [6.07, 6.45) is 1.72. The first-order valence-corrected chi connectivity index (χ1v) is 12.5. The summed E-state index contributed by atoms with van der Waals surface area (Å²) in [6, 6.07) is 14.1. The maximum atomic E-state index is 13.8. The van der Waals surface area contributed by atoms with Gasteiger partial charge < -0.3 is 24.3 Å². The number of methoxy groups -OCH3 is 1. The molecule has 7 heteroatoms. The van der Waals surface area contributed by atoms with Gasteiger partial charge in [-0.25, -0.2) is 0 Å². The molecule has 35 heavy (non-hydrogen) atoms. The van der Waals surface area contributed by atoms with Crippen LogP contribution in [0.2, 0.25) is 0 Å². The van der Waals surface area contributed by atoms with E-state index in [4.69, 9.17) is 9.47 Å². The van der Waals surface area contributed by atoms with Crippen LogP contribution in [0.3, 0.4) is 0 Å². The number of piperazine rings is 1. The molecule has 0 spiro atoms. The smallest absolute Gasteiger partial charge is 0.254 e. The molecule has 5 rings (SSSR count). The van der Waals surface area contributed by atoms with Crippen molar-refractivity contribution in [2.45, 2.75) is 45.1 Å². The summed E-state index contributed by atoms with van der Waals surface area (Å²) in [5.74, 6) is 1.21. The van der Waals surface area contributed by atoms with Crippen molar-refractivity contribution in [3.63, 3.8) is 0 Å². The van der Waals surface area contributed by atoms with Crippen molar-refractivity contribution in [3.8, 4) is 11.5 Å². The van der Waals surface area contributed by atoms with Crippen molar-refractivity contribution in [2.75, 3.05) is 33.4 Å². The van der Waals surface area contributed by atoms with Crippen LogP contribution in [-0.2, 0) is 15.1 Å². The third-order valence-corrected chi connectivity index (χ3v) is 7.36. The van der Waals surface area contributed by atoms with Crippen molar-refractivity contribution in [1.82, 2.24) is 14.8 Å². The van der Waals surface area contributed by atoms with Gasteiger partial charge in [-0.05, 0) is 49.1 Å². The highest BCUT2D eigenvalue weighted by molar-refractivity contribution is 6.01. The molecule has 0 saturated carbocycles. The number of carbonyl (C=O) groups excluding carboxylic acids is 2. The van der Waals surface area contributed by atoms with E-state index < -0.39 is 5.54 Å². The van der Waals surface area contributed by atoms with Crippen molar-refractivity contribution in [2.24, 2.45) is 0 Å². The molecule has 3 aromatic rings. The van der Waals surface area contributed by atoms with Crippen molar-refractivity contribution in [3.05, 3.63) is 59.3 Å². The van der Waals surface area contributed by atoms with E-state index in [0.717, 1.165) is 40.6 Å². The van der Waals surface area contributed by atoms with Crippen LogP contribution in [0.1, 0.15) is 56.4 Å². The van der Waals surface area contributed by atoms with Gasteiger partial charge in [0.1, 0.15) is 0 Å². The summed E-state index contributed by atoms with van der Waals surface area (Å²) in [7, 11) is 1.64. The van der Waals surface area contributed by atoms with Crippen molar-refractivity contribution < 1.29 is 19.1 Å². The van der Waals surface area contributed by atoms with Crippen molar-refractivity contribution >= 4 is 22.7 Å². The molecule has 1 aromatic heterocycles. The van der Waals surface area contributed by atoms with Gasteiger partial charge in [0.25, 0.3) is 5.91 Å². The summed E-state index contributed by atoms with van der Waals surface area (Å²) in [4.78, 5) is 34.3. The first kappa shape index (κ1) is 23.3. The monoisotopic (exact) mass is 475 g/mol. The number of amides is 2. The molecule has 2 aliphatic heterocycles. The molecular weight excluding hydrogens is 442 g/mol. The molecule has 2 aromatic carbocycles. The SMILES string of the molecule is CCCOc1ccc(C2CN3C(=O)CN(CCC)C(=O)C3(C)c3[nH]c4ccccc4c32)cc1OC. The zero-order valence-corrected chi connectivity index (χ0v) is 20.9. The second kappa shape index (κ2) is 8.95. The minimum atomic E-state index is -1.07. The zero-order chi connectivity index (χ0) is 24.7. The first-order valence-electron chi connectivity index (χ1n) is 12.5. The van der Waals surface area contributed by atoms with Crippen LogP contribution in [0, 0.1) is 0 Å². The molecule has 0 bridgehead atoms. The van der Waals surface area contributed by atoms with E-state index in [1.807, 2.05) is 50.2 Å². The minimum absolute atomic E-state index is 0.0221. The normalized spacial score (nSPS) is 21.8. The van der Waals surface area contributed by atoms with Gasteiger partial charge in [-0.2, -0.15) is 0 Å². The van der Waals surface area contributed by atoms with Gasteiger partial charge in [0.15, 0.2) is 17.0 Å². The second-order valence-electron chi connectivity index (χ2n) is 9.57. The maximum absolute atomic E-state index is 13.8. The van der Waals surface area contributed by atoms with E-state index in [-0.39, 0.29) is 24.3 Å². The Kier molecular flexibility index (Phi) is 5.95. The number of benzene rings is 2. The molecule has 7 nitrogen and oxygen atoms in total. The van der Waals surface area contributed by atoms with Crippen LogP contribution in [0.5, 0.6) is 11.5 Å². The number of rotatable bonds is 7. The molecule has 0 aliphatic carbocycles. The van der Waals surface area contributed by atoms with Gasteiger partial charge in [0.05, 0.1) is 26.0 Å². The second-order valence-corrected chi connectivity index (χ2v) is 9.57. The summed E-state index contributed by atoms with van der Waals surface area (Å²) >= 11 is 0. The third kappa shape index (κ3) is 3.56. The Balaban J connectivity index is 1.69. The molecule has 2 unspecified atom stereocenters. The summed E-state index contributed by atoms with van der Waals surface area (Å²) in [6.45, 7) is 7.72. The van der Waals surface area contributed by atoms with Crippen LogP contribution >= 0.6 is 0 Å². The van der Waals surface area contributed by atoms with E-state index in [9.17, 15) is 9.59 Å². The van der Waals surface area contributed by atoms with Gasteiger partial charge >= 0.3 is 0 Å². The van der Waals surface area contributed by atoms with Gasteiger partial charge in [0, 0.05) is 29.9 Å². The van der Waals surface area contributed by atoms with Crippen LogP contribution < -0.4 is 9.47 Å². The van der Waals surface area contributed by atoms with E-state index in [0.29, 0.717) is 31.2 Å². The third-order valence-electron chi connectivity index (χ3n) is 7.36. The molecule has 0 radical (unpaired) electrons. The van der Waals surface area contributed by atoms with E-state index in [1.54, 1.807) is 16.9 Å². The fourth-order valence-corrected chi connectivity index (χ4v) is 5.66. The van der Waals surface area contributed by atoms with Crippen LogP contribution in [-0.4, -0.2) is 59.9 Å². The average molecular weight is 476 g/mol. The summed E-state index contributed by atoms with van der Waals surface area (Å²) in [5.41, 5.74) is 2.80. The molecule has 1 N–H and O–H groups in total. The molecule has 2 atom stereocenters. The summed E-state index contributed by atoms with van der Waals surface area (Å²) < 4.78 is 11.5. The van der Waals surface area contributed by atoms with Crippen LogP contribution in [0.15, 0.2) is 42.5 Å². The lowest BCUT2D eigenvalue weighted by atomic mass is 9.76. The zero-order valence-electron chi connectivity index (χ0n) is 20.9. The number of fused-ring (bicyclic) bond motifs is 5. The number of para-hydroxylation sites is 1. The van der Waals surface area contributed by atoms with E-state index in [1.165, 1.54) is 0 Å². The standard InChI is InChI=1S/C28H33N3O4/c1-5-13-30-17-24(32)31-16-20(18-11-12-22(35-14-6-2)23(15-18)34-4)25-19-9-7-8-10-21(19)29-26(25)28(31,3)27(30)33/h7-12,15,20,29H,5-6,13-14,16-17H2,1-4H3. The highest BCUT2D eigenvalue weighted by Gasteiger charge is 2.56. The van der Waals surface area contributed by atoms with Gasteiger partial charge in [0.2, 0.25) is 5.91 Å². The number of nitrogens with zero attached hydrogens (tertiary/aromatic N) is 2. The maximum Gasteiger partial charge on any atom is 0.254 e. The minimum Gasteiger partial charge on any atom is -0.493 e. The van der Waals surface area contributed by atoms with Crippen LogP contribution in [0.25, 0.3) is 10.9 Å². The average Bonchev–Trinajstić information content (AvgIpc) is 3.27. The number of ether oxygens (including phenoxy) is 2. The number of aromatic amines is 1. The highest BCUT2D eigenvalue weighted by atomic mass is 16.5. The van der Waals surface area contributed by atoms with E-state index >= 15 is 0 Å². The molecule has 184 valence electrons. The Bertz CT molecular complexity index is 1280. The van der Waals surface area contributed by atoms with Gasteiger partial charge in [-0.3, -0.25) is 9.59 Å². The molecule has 1 fully saturated rings. The molecule has 2 aliphatic rings. The Labute approximate surface area is 206 Å². The Morgan fingerprint density at radius 3 is 2.63 bits per heavy atom. The Hall–Kier alpha value is -3.48. The topological polar surface area (TPSA) is 74.9 Å². The number of aromatic nitrogens is 1. The number of nitrogens with one attached hydrogen (secondary N) is 1. The molecular formula is C28H33N3O4. The predicted octanol–water partition coefficient (Wildman–Crippen LogP) is 4.41. The highest BCUT2D eigenvalue weighted by Crippen LogP contribution is 2.48. The first-order chi connectivity index (χ1) is 16.9. The van der Waals surface area contributed by atoms with Crippen molar-refractivity contribution in [1.29, 1.82) is 0 Å². The van der Waals surface area contributed by atoms with E-state index in [2.05, 4.69) is 18.0 Å².